The van der Waals surface area contributed by atoms with Crippen LogP contribution in [0.4, 0.5) is 5.82 Å². The summed E-state index contributed by atoms with van der Waals surface area (Å²) < 4.78 is 4.99. The molecule has 1 aliphatic heterocycles. The lowest BCUT2D eigenvalue weighted by atomic mass is 10.1. The molecule has 1 N–H and O–H groups in total. The molecule has 2 amide bonds. The Labute approximate surface area is 137 Å². The Morgan fingerprint density at radius 2 is 2.04 bits per heavy atom. The van der Waals surface area contributed by atoms with Crippen molar-refractivity contribution in [3.63, 3.8) is 0 Å². The van der Waals surface area contributed by atoms with Gasteiger partial charge in [0.05, 0.1) is 6.04 Å². The highest BCUT2D eigenvalue weighted by molar-refractivity contribution is 5.94. The highest BCUT2D eigenvalue weighted by atomic mass is 16.5. The maximum Gasteiger partial charge on any atom is 0.242 e. The zero-order chi connectivity index (χ0) is 16.8. The van der Waals surface area contributed by atoms with Crippen molar-refractivity contribution in [3.05, 3.63) is 11.8 Å². The van der Waals surface area contributed by atoms with Gasteiger partial charge in [0.2, 0.25) is 11.8 Å². The number of carbonyl (C=O) groups excluding carboxylic acids is 2. The van der Waals surface area contributed by atoms with E-state index in [4.69, 9.17) is 4.52 Å². The van der Waals surface area contributed by atoms with Gasteiger partial charge >= 0.3 is 0 Å². The molecule has 0 radical (unpaired) electrons. The molecule has 1 saturated heterocycles. The van der Waals surface area contributed by atoms with Crippen LogP contribution in [0.2, 0.25) is 0 Å². The molecule has 1 aromatic heterocycles. The first-order chi connectivity index (χ1) is 11.0. The van der Waals surface area contributed by atoms with E-state index in [0.717, 1.165) is 32.4 Å². The minimum Gasteiger partial charge on any atom is -0.360 e. The van der Waals surface area contributed by atoms with Crippen molar-refractivity contribution in [1.29, 1.82) is 0 Å². The Hall–Kier alpha value is -1.89. The molecular weight excluding hydrogens is 296 g/mol. The molecule has 0 unspecified atom stereocenters. The second kappa shape index (κ2) is 8.10. The van der Waals surface area contributed by atoms with Gasteiger partial charge in [-0.15, -0.1) is 0 Å². The van der Waals surface area contributed by atoms with Crippen LogP contribution in [-0.4, -0.2) is 59.0 Å². The third kappa shape index (κ3) is 4.79. The van der Waals surface area contributed by atoms with Crippen LogP contribution in [0.25, 0.3) is 0 Å². The van der Waals surface area contributed by atoms with Gasteiger partial charge in [-0.05, 0) is 13.3 Å². The van der Waals surface area contributed by atoms with Gasteiger partial charge < -0.3 is 14.7 Å². The summed E-state index contributed by atoms with van der Waals surface area (Å²) >= 11 is 0. The number of nitrogens with one attached hydrogen (secondary N) is 1. The summed E-state index contributed by atoms with van der Waals surface area (Å²) in [5.74, 6) is 1.16. The molecule has 0 saturated carbocycles. The number of aromatic nitrogens is 1. The standard InChI is InChI=1S/C16H26N4O3/c1-4-5-6-14(16(22)17-15-11-12(2)23-18-15)20-9-7-19(8-10-20)13(3)21/h11,14H,4-10H2,1-3H3,(H,17,18,22)/t14-/m1/s1. The van der Waals surface area contributed by atoms with Crippen molar-refractivity contribution >= 4 is 17.6 Å². The molecule has 0 aliphatic carbocycles. The van der Waals surface area contributed by atoms with Gasteiger partial charge in [0.15, 0.2) is 5.82 Å². The summed E-state index contributed by atoms with van der Waals surface area (Å²) in [6, 6.07) is 1.52. The minimum absolute atomic E-state index is 0.0528. The van der Waals surface area contributed by atoms with Crippen molar-refractivity contribution in [3.8, 4) is 0 Å². The fraction of sp³-hybridized carbons (Fsp3) is 0.688. The van der Waals surface area contributed by atoms with Gasteiger partial charge in [-0.1, -0.05) is 24.9 Å². The molecule has 1 aromatic rings. The third-order valence-corrected chi connectivity index (χ3v) is 4.21. The van der Waals surface area contributed by atoms with Crippen LogP contribution in [0.5, 0.6) is 0 Å². The number of nitrogens with zero attached hydrogens (tertiary/aromatic N) is 3. The summed E-state index contributed by atoms with van der Waals surface area (Å²) in [6.45, 7) is 8.28. The van der Waals surface area contributed by atoms with Crippen LogP contribution in [0.3, 0.4) is 0 Å². The summed E-state index contributed by atoms with van der Waals surface area (Å²) in [5.41, 5.74) is 0. The molecular formula is C16H26N4O3. The van der Waals surface area contributed by atoms with Gasteiger partial charge in [0, 0.05) is 39.2 Å². The van der Waals surface area contributed by atoms with E-state index < -0.39 is 0 Å². The minimum atomic E-state index is -0.193. The van der Waals surface area contributed by atoms with E-state index >= 15 is 0 Å². The fourth-order valence-electron chi connectivity index (χ4n) is 2.86. The first kappa shape index (κ1) is 17.5. The number of carbonyl (C=O) groups is 2. The first-order valence-electron chi connectivity index (χ1n) is 8.25. The number of unbranched alkanes of at least 4 members (excludes halogenated alkanes) is 1. The average molecular weight is 322 g/mol. The Kier molecular flexibility index (Phi) is 6.15. The Morgan fingerprint density at radius 3 is 2.57 bits per heavy atom. The second-order valence-corrected chi connectivity index (χ2v) is 6.01. The zero-order valence-electron chi connectivity index (χ0n) is 14.2. The monoisotopic (exact) mass is 322 g/mol. The van der Waals surface area contributed by atoms with Crippen LogP contribution in [0, 0.1) is 6.92 Å². The molecule has 1 atom stereocenters. The number of hydrogen-bond acceptors (Lipinski definition) is 5. The second-order valence-electron chi connectivity index (χ2n) is 6.01. The normalized spacial score (nSPS) is 17.1. The van der Waals surface area contributed by atoms with E-state index in [1.165, 1.54) is 0 Å². The lowest BCUT2D eigenvalue weighted by Gasteiger charge is -2.38. The summed E-state index contributed by atoms with van der Waals surface area (Å²) in [5, 5.41) is 6.66. The number of amides is 2. The lowest BCUT2D eigenvalue weighted by molar-refractivity contribution is -0.131. The van der Waals surface area contributed by atoms with Crippen molar-refractivity contribution < 1.29 is 14.1 Å². The summed E-state index contributed by atoms with van der Waals surface area (Å²) in [6.07, 6.45) is 2.84. The molecule has 23 heavy (non-hydrogen) atoms. The van der Waals surface area contributed by atoms with E-state index in [9.17, 15) is 9.59 Å². The van der Waals surface area contributed by atoms with Gasteiger partial charge in [-0.2, -0.15) is 0 Å². The van der Waals surface area contributed by atoms with E-state index in [-0.39, 0.29) is 17.9 Å². The average Bonchev–Trinajstić information content (AvgIpc) is 2.93. The number of rotatable bonds is 6. The Bertz CT molecular complexity index is 535. The van der Waals surface area contributed by atoms with E-state index in [1.54, 1.807) is 19.9 Å². The maximum atomic E-state index is 12.6. The van der Waals surface area contributed by atoms with E-state index in [2.05, 4.69) is 22.3 Å². The first-order valence-corrected chi connectivity index (χ1v) is 8.25. The zero-order valence-corrected chi connectivity index (χ0v) is 14.2. The SMILES string of the molecule is CCCC[C@H](C(=O)Nc1cc(C)on1)N1CCN(C(C)=O)CC1. The molecule has 128 valence electrons. The fourth-order valence-corrected chi connectivity index (χ4v) is 2.86. The number of piperazine rings is 1. The molecule has 2 heterocycles. The molecule has 2 rings (SSSR count). The van der Waals surface area contributed by atoms with Crippen LogP contribution >= 0.6 is 0 Å². The smallest absolute Gasteiger partial charge is 0.242 e. The van der Waals surface area contributed by atoms with Gasteiger partial charge in [0.1, 0.15) is 5.76 Å². The maximum absolute atomic E-state index is 12.6. The Morgan fingerprint density at radius 1 is 1.35 bits per heavy atom. The molecule has 7 heteroatoms. The van der Waals surface area contributed by atoms with E-state index in [0.29, 0.717) is 24.7 Å². The van der Waals surface area contributed by atoms with Crippen LogP contribution in [0.1, 0.15) is 38.9 Å². The number of anilines is 1. The Balaban J connectivity index is 1.98. The topological polar surface area (TPSA) is 78.7 Å². The van der Waals surface area contributed by atoms with Crippen molar-refractivity contribution in [1.82, 2.24) is 15.0 Å². The van der Waals surface area contributed by atoms with Crippen LogP contribution in [0.15, 0.2) is 10.6 Å². The predicted molar refractivity (Wildman–Crippen MR) is 87.0 cm³/mol. The molecule has 7 nitrogen and oxygen atoms in total. The van der Waals surface area contributed by atoms with Crippen molar-refractivity contribution in [2.24, 2.45) is 0 Å². The predicted octanol–water partition coefficient (Wildman–Crippen LogP) is 1.64. The largest absolute Gasteiger partial charge is 0.360 e. The number of aryl methyl sites for hydroxylation is 1. The summed E-state index contributed by atoms with van der Waals surface area (Å²) in [4.78, 5) is 28.1. The quantitative estimate of drug-likeness (QED) is 0.861. The van der Waals surface area contributed by atoms with Gasteiger partial charge in [-0.3, -0.25) is 14.5 Å². The molecule has 0 spiro atoms. The van der Waals surface area contributed by atoms with Crippen LogP contribution < -0.4 is 5.32 Å². The number of hydrogen-bond donors (Lipinski definition) is 1. The van der Waals surface area contributed by atoms with Crippen LogP contribution in [-0.2, 0) is 9.59 Å². The highest BCUT2D eigenvalue weighted by Crippen LogP contribution is 2.16. The molecule has 0 bridgehead atoms. The highest BCUT2D eigenvalue weighted by Gasteiger charge is 2.29. The van der Waals surface area contributed by atoms with Gasteiger partial charge in [0.25, 0.3) is 0 Å². The summed E-state index contributed by atoms with van der Waals surface area (Å²) in [7, 11) is 0. The third-order valence-electron chi connectivity index (χ3n) is 4.21. The van der Waals surface area contributed by atoms with Crippen molar-refractivity contribution in [2.75, 3.05) is 31.5 Å². The lowest BCUT2D eigenvalue weighted by Crippen LogP contribution is -2.54. The molecule has 0 aromatic carbocycles. The molecule has 1 aliphatic rings. The van der Waals surface area contributed by atoms with Crippen molar-refractivity contribution in [2.45, 2.75) is 46.1 Å². The molecule has 1 fully saturated rings. The van der Waals surface area contributed by atoms with E-state index in [1.807, 2.05) is 4.90 Å². The van der Waals surface area contributed by atoms with Gasteiger partial charge in [-0.25, -0.2) is 0 Å².